The molecule has 2 heteroatoms. The van der Waals surface area contributed by atoms with Crippen molar-refractivity contribution in [2.24, 2.45) is 0 Å². The van der Waals surface area contributed by atoms with Crippen LogP contribution in [0.1, 0.15) is 25.1 Å². The summed E-state index contributed by atoms with van der Waals surface area (Å²) in [6.45, 7) is 4.59. The standard InChI is InChI=1S/C41H30N2/c1-41(2)35-24-23-28-15-9-10-22-34(28)36(35)37-38(42-40(43-39(37)41)29-16-7-4-8-17-29)33-21-12-20-32(26-33)31-19-11-18-30(25-31)27-13-5-3-6-14-27/h3-26H,1-2H3. The maximum Gasteiger partial charge on any atom is 0.160 e. The molecular weight excluding hydrogens is 520 g/mol. The van der Waals surface area contributed by atoms with Gasteiger partial charge in [-0.15, -0.1) is 0 Å². The molecule has 1 aliphatic carbocycles. The van der Waals surface area contributed by atoms with Gasteiger partial charge in [-0.1, -0.05) is 147 Å². The lowest BCUT2D eigenvalue weighted by molar-refractivity contribution is 0.636. The van der Waals surface area contributed by atoms with Crippen LogP contribution in [-0.4, -0.2) is 9.97 Å². The van der Waals surface area contributed by atoms with Crippen LogP contribution in [-0.2, 0) is 5.41 Å². The third kappa shape index (κ3) is 4.18. The number of benzene rings is 6. The van der Waals surface area contributed by atoms with Gasteiger partial charge in [-0.25, -0.2) is 9.97 Å². The quantitative estimate of drug-likeness (QED) is 0.218. The Hall–Kier alpha value is -5.34. The predicted molar refractivity (Wildman–Crippen MR) is 179 cm³/mol. The molecule has 1 heterocycles. The lowest BCUT2D eigenvalue weighted by Crippen LogP contribution is -2.17. The highest BCUT2D eigenvalue weighted by Crippen LogP contribution is 2.53. The Balaban J connectivity index is 1.38. The Kier molecular flexibility index (Phi) is 5.84. The second-order valence-electron chi connectivity index (χ2n) is 11.8. The van der Waals surface area contributed by atoms with Crippen molar-refractivity contribution in [3.05, 3.63) is 157 Å². The van der Waals surface area contributed by atoms with E-state index in [-0.39, 0.29) is 5.41 Å². The fraction of sp³-hybridized carbons (Fsp3) is 0.0732. The third-order valence-electron chi connectivity index (χ3n) is 8.82. The van der Waals surface area contributed by atoms with Crippen molar-refractivity contribution in [2.45, 2.75) is 19.3 Å². The van der Waals surface area contributed by atoms with Crippen molar-refractivity contribution in [1.29, 1.82) is 0 Å². The summed E-state index contributed by atoms with van der Waals surface area (Å²) in [7, 11) is 0. The van der Waals surface area contributed by atoms with Crippen LogP contribution in [0.15, 0.2) is 146 Å². The first kappa shape index (κ1) is 25.4. The van der Waals surface area contributed by atoms with Crippen LogP contribution in [0, 0.1) is 0 Å². The molecule has 2 nitrogen and oxygen atoms in total. The first-order chi connectivity index (χ1) is 21.1. The van der Waals surface area contributed by atoms with Gasteiger partial charge in [0.2, 0.25) is 0 Å². The lowest BCUT2D eigenvalue weighted by atomic mass is 9.84. The van der Waals surface area contributed by atoms with Gasteiger partial charge in [0.1, 0.15) is 0 Å². The van der Waals surface area contributed by atoms with Gasteiger partial charge in [-0.05, 0) is 56.3 Å². The molecule has 0 spiro atoms. The first-order valence-corrected chi connectivity index (χ1v) is 14.8. The maximum absolute atomic E-state index is 5.34. The second kappa shape index (κ2) is 9.89. The van der Waals surface area contributed by atoms with Crippen molar-refractivity contribution < 1.29 is 0 Å². The molecule has 1 aliphatic rings. The van der Waals surface area contributed by atoms with Gasteiger partial charge in [0.05, 0.1) is 11.4 Å². The van der Waals surface area contributed by atoms with Crippen molar-refractivity contribution in [3.8, 4) is 56.0 Å². The molecule has 0 bridgehead atoms. The van der Waals surface area contributed by atoms with E-state index in [1.54, 1.807) is 0 Å². The summed E-state index contributed by atoms with van der Waals surface area (Å²) in [5.74, 6) is 0.760. The molecular formula is C41H30N2. The molecule has 0 saturated carbocycles. The van der Waals surface area contributed by atoms with Gasteiger partial charge in [-0.2, -0.15) is 0 Å². The van der Waals surface area contributed by atoms with Gasteiger partial charge in [0.25, 0.3) is 0 Å². The van der Waals surface area contributed by atoms with Crippen LogP contribution in [0.3, 0.4) is 0 Å². The van der Waals surface area contributed by atoms with Crippen LogP contribution < -0.4 is 0 Å². The minimum Gasteiger partial charge on any atom is -0.231 e. The smallest absolute Gasteiger partial charge is 0.160 e. The molecule has 43 heavy (non-hydrogen) atoms. The molecule has 8 rings (SSSR count). The van der Waals surface area contributed by atoms with E-state index in [9.17, 15) is 0 Å². The normalized spacial score (nSPS) is 13.1. The Bertz CT molecular complexity index is 2140. The molecule has 7 aromatic rings. The molecule has 0 saturated heterocycles. The molecule has 0 fully saturated rings. The first-order valence-electron chi connectivity index (χ1n) is 14.8. The number of nitrogens with zero attached hydrogens (tertiary/aromatic N) is 2. The van der Waals surface area contributed by atoms with Crippen molar-refractivity contribution >= 4 is 10.8 Å². The molecule has 6 aromatic carbocycles. The molecule has 0 unspecified atom stereocenters. The Morgan fingerprint density at radius 2 is 1.00 bits per heavy atom. The average molecular weight is 551 g/mol. The van der Waals surface area contributed by atoms with Gasteiger partial charge in [0, 0.05) is 22.1 Å². The SMILES string of the molecule is CC1(C)c2ccc3ccccc3c2-c2c(-c3cccc(-c4cccc(-c5ccccc5)c4)c3)nc(-c3ccccc3)nc21. The fourth-order valence-electron chi connectivity index (χ4n) is 6.62. The molecule has 0 atom stereocenters. The Labute approximate surface area is 252 Å². The van der Waals surface area contributed by atoms with Gasteiger partial charge in [0.15, 0.2) is 5.82 Å². The van der Waals surface area contributed by atoms with E-state index >= 15 is 0 Å². The van der Waals surface area contributed by atoms with E-state index in [1.807, 2.05) is 6.07 Å². The third-order valence-corrected chi connectivity index (χ3v) is 8.82. The van der Waals surface area contributed by atoms with Crippen LogP contribution in [0.2, 0.25) is 0 Å². The largest absolute Gasteiger partial charge is 0.231 e. The maximum atomic E-state index is 5.34. The van der Waals surface area contributed by atoms with Crippen LogP contribution in [0.5, 0.6) is 0 Å². The summed E-state index contributed by atoms with van der Waals surface area (Å²) in [4.78, 5) is 10.6. The molecule has 0 aliphatic heterocycles. The Morgan fingerprint density at radius 1 is 0.442 bits per heavy atom. The number of hydrogen-bond donors (Lipinski definition) is 0. The summed E-state index contributed by atoms with van der Waals surface area (Å²) in [6, 6.07) is 51.7. The van der Waals surface area contributed by atoms with Crippen LogP contribution in [0.4, 0.5) is 0 Å². The van der Waals surface area contributed by atoms with E-state index in [1.165, 1.54) is 44.2 Å². The average Bonchev–Trinajstić information content (AvgIpc) is 3.31. The fourth-order valence-corrected chi connectivity index (χ4v) is 6.62. The minimum absolute atomic E-state index is 0.266. The number of fused-ring (bicyclic) bond motifs is 5. The molecule has 0 radical (unpaired) electrons. The topological polar surface area (TPSA) is 25.8 Å². The minimum atomic E-state index is -0.266. The monoisotopic (exact) mass is 550 g/mol. The number of rotatable bonds is 4. The van der Waals surface area contributed by atoms with Gasteiger partial charge < -0.3 is 0 Å². The van der Waals surface area contributed by atoms with E-state index in [0.717, 1.165) is 33.9 Å². The van der Waals surface area contributed by atoms with E-state index in [4.69, 9.17) is 9.97 Å². The van der Waals surface area contributed by atoms with Crippen LogP contribution >= 0.6 is 0 Å². The number of hydrogen-bond acceptors (Lipinski definition) is 2. The molecule has 0 N–H and O–H groups in total. The zero-order valence-corrected chi connectivity index (χ0v) is 24.3. The molecule has 204 valence electrons. The van der Waals surface area contributed by atoms with Crippen LogP contribution in [0.25, 0.3) is 66.8 Å². The summed E-state index contributed by atoms with van der Waals surface area (Å²) in [6.07, 6.45) is 0. The Morgan fingerprint density at radius 3 is 1.72 bits per heavy atom. The summed E-state index contributed by atoms with van der Waals surface area (Å²) < 4.78 is 0. The van der Waals surface area contributed by atoms with E-state index in [2.05, 4.69) is 153 Å². The summed E-state index contributed by atoms with van der Waals surface area (Å²) in [5.41, 5.74) is 12.4. The second-order valence-corrected chi connectivity index (χ2v) is 11.8. The zero-order chi connectivity index (χ0) is 29.0. The van der Waals surface area contributed by atoms with Crippen molar-refractivity contribution in [3.63, 3.8) is 0 Å². The molecule has 0 amide bonds. The highest BCUT2D eigenvalue weighted by atomic mass is 14.9. The zero-order valence-electron chi connectivity index (χ0n) is 24.3. The highest BCUT2D eigenvalue weighted by Gasteiger charge is 2.40. The van der Waals surface area contributed by atoms with Crippen molar-refractivity contribution in [2.75, 3.05) is 0 Å². The van der Waals surface area contributed by atoms with Gasteiger partial charge >= 0.3 is 0 Å². The molecule has 1 aromatic heterocycles. The lowest BCUT2D eigenvalue weighted by Gasteiger charge is -2.21. The van der Waals surface area contributed by atoms with Gasteiger partial charge in [-0.3, -0.25) is 0 Å². The van der Waals surface area contributed by atoms with E-state index in [0.29, 0.717) is 0 Å². The predicted octanol–water partition coefficient (Wildman–Crippen LogP) is 10.6. The number of aromatic nitrogens is 2. The van der Waals surface area contributed by atoms with Crippen molar-refractivity contribution in [1.82, 2.24) is 9.97 Å². The van der Waals surface area contributed by atoms with E-state index < -0.39 is 0 Å². The summed E-state index contributed by atoms with van der Waals surface area (Å²) >= 11 is 0. The summed E-state index contributed by atoms with van der Waals surface area (Å²) in [5, 5.41) is 2.48. The highest BCUT2D eigenvalue weighted by molar-refractivity contribution is 6.05.